The van der Waals surface area contributed by atoms with Crippen LogP contribution in [0.25, 0.3) is 0 Å². The lowest BCUT2D eigenvalue weighted by Gasteiger charge is -2.17. The second kappa shape index (κ2) is 11.7. The summed E-state index contributed by atoms with van der Waals surface area (Å²) in [6.45, 7) is 6.89. The van der Waals surface area contributed by atoms with E-state index in [0.717, 1.165) is 57.4 Å². The summed E-state index contributed by atoms with van der Waals surface area (Å²) in [7, 11) is 3.79. The molecule has 4 rings (SSSR count). The Morgan fingerprint density at radius 1 is 0.970 bits per heavy atom. The van der Waals surface area contributed by atoms with Gasteiger partial charge in [-0.2, -0.15) is 0 Å². The van der Waals surface area contributed by atoms with Crippen molar-refractivity contribution in [3.8, 4) is 0 Å². The monoisotopic (exact) mass is 459 g/mol. The van der Waals surface area contributed by atoms with E-state index in [4.69, 9.17) is 4.99 Å². The number of para-hydroxylation sites is 1. The SMILES string of the molecule is CC.CCCCN(C)C(=O)c1ccc2c(c1)N=C(c1ccccc1NC)c1ccccc1S2. The zero-order valence-corrected chi connectivity index (χ0v) is 21.0. The maximum atomic E-state index is 13.0. The predicted molar refractivity (Wildman–Crippen MR) is 142 cm³/mol. The van der Waals surface area contributed by atoms with Crippen LogP contribution in [0.5, 0.6) is 0 Å². The number of anilines is 1. The van der Waals surface area contributed by atoms with Gasteiger partial charge in [0.05, 0.1) is 11.4 Å². The fourth-order valence-corrected chi connectivity index (χ4v) is 4.71. The van der Waals surface area contributed by atoms with E-state index in [2.05, 4.69) is 42.6 Å². The maximum absolute atomic E-state index is 13.0. The van der Waals surface area contributed by atoms with E-state index >= 15 is 0 Å². The molecule has 5 heteroatoms. The van der Waals surface area contributed by atoms with Crippen LogP contribution in [0.1, 0.15) is 55.1 Å². The minimum atomic E-state index is 0.0374. The van der Waals surface area contributed by atoms with Gasteiger partial charge in [-0.05, 0) is 36.8 Å². The molecule has 0 saturated heterocycles. The molecule has 0 bridgehead atoms. The molecule has 0 spiro atoms. The van der Waals surface area contributed by atoms with Crippen LogP contribution in [0, 0.1) is 0 Å². The summed E-state index contributed by atoms with van der Waals surface area (Å²) in [5, 5.41) is 3.28. The van der Waals surface area contributed by atoms with Gasteiger partial charge < -0.3 is 10.2 Å². The van der Waals surface area contributed by atoms with Gasteiger partial charge in [0.25, 0.3) is 5.91 Å². The molecule has 0 unspecified atom stereocenters. The number of rotatable bonds is 6. The van der Waals surface area contributed by atoms with Crippen LogP contribution in [-0.4, -0.2) is 37.2 Å². The van der Waals surface area contributed by atoms with Crippen molar-refractivity contribution >= 4 is 34.8 Å². The molecule has 1 amide bonds. The molecule has 172 valence electrons. The number of benzene rings is 3. The number of hydrogen-bond acceptors (Lipinski definition) is 4. The first-order chi connectivity index (χ1) is 16.1. The topological polar surface area (TPSA) is 44.7 Å². The van der Waals surface area contributed by atoms with Crippen LogP contribution in [-0.2, 0) is 0 Å². The van der Waals surface area contributed by atoms with E-state index in [0.29, 0.717) is 5.56 Å². The molecule has 0 saturated carbocycles. The smallest absolute Gasteiger partial charge is 0.253 e. The Morgan fingerprint density at radius 3 is 2.39 bits per heavy atom. The van der Waals surface area contributed by atoms with Gasteiger partial charge in [0.1, 0.15) is 0 Å². The highest BCUT2D eigenvalue weighted by Crippen LogP contribution is 2.42. The third-order valence-corrected chi connectivity index (χ3v) is 6.59. The highest BCUT2D eigenvalue weighted by Gasteiger charge is 2.22. The number of fused-ring (bicyclic) bond motifs is 2. The molecule has 33 heavy (non-hydrogen) atoms. The predicted octanol–water partition coefficient (Wildman–Crippen LogP) is 7.26. The molecule has 0 aromatic heterocycles. The molecule has 1 heterocycles. The number of nitrogens with zero attached hydrogens (tertiary/aromatic N) is 2. The summed E-state index contributed by atoms with van der Waals surface area (Å²) in [5.74, 6) is 0.0374. The van der Waals surface area contributed by atoms with Gasteiger partial charge >= 0.3 is 0 Å². The van der Waals surface area contributed by atoms with Crippen LogP contribution in [0.2, 0.25) is 0 Å². The second-order valence-corrected chi connectivity index (χ2v) is 8.70. The molecule has 0 atom stereocenters. The van der Waals surface area contributed by atoms with Crippen molar-refractivity contribution in [3.05, 3.63) is 83.4 Å². The molecule has 3 aromatic carbocycles. The van der Waals surface area contributed by atoms with Gasteiger partial charge in [0.15, 0.2) is 0 Å². The Morgan fingerprint density at radius 2 is 1.67 bits per heavy atom. The first-order valence-electron chi connectivity index (χ1n) is 11.6. The number of carbonyl (C=O) groups excluding carboxylic acids is 1. The fraction of sp³-hybridized carbons (Fsp3) is 0.286. The molecule has 0 aliphatic carbocycles. The van der Waals surface area contributed by atoms with Crippen LogP contribution >= 0.6 is 11.8 Å². The Bertz CT molecular complexity index is 1140. The molecule has 0 fully saturated rings. The van der Waals surface area contributed by atoms with Crippen molar-refractivity contribution in [3.63, 3.8) is 0 Å². The van der Waals surface area contributed by atoms with Crippen LogP contribution in [0.3, 0.4) is 0 Å². The van der Waals surface area contributed by atoms with E-state index < -0.39 is 0 Å². The van der Waals surface area contributed by atoms with Crippen molar-refractivity contribution in [2.45, 2.75) is 43.4 Å². The highest BCUT2D eigenvalue weighted by molar-refractivity contribution is 7.99. The summed E-state index contributed by atoms with van der Waals surface area (Å²) >= 11 is 1.70. The summed E-state index contributed by atoms with van der Waals surface area (Å²) in [5.41, 5.74) is 5.58. The summed E-state index contributed by atoms with van der Waals surface area (Å²) in [4.78, 5) is 22.1. The minimum absolute atomic E-state index is 0.0374. The zero-order chi connectivity index (χ0) is 23.8. The van der Waals surface area contributed by atoms with Crippen LogP contribution in [0.4, 0.5) is 11.4 Å². The first-order valence-corrected chi connectivity index (χ1v) is 12.5. The first kappa shape index (κ1) is 24.6. The molecule has 1 aliphatic rings. The Hall–Kier alpha value is -3.05. The van der Waals surface area contributed by atoms with Gasteiger partial charge in [-0.25, -0.2) is 4.99 Å². The standard InChI is InChI=1S/C26H27N3OS.C2H6/c1-4-5-16-29(3)26(30)18-14-15-24-22(17-18)28-25(19-10-6-8-12-21(19)27-2)20-11-7-9-13-23(20)31-24;1-2/h6-15,17,27H,4-5,16H2,1-3H3;1-2H3. The third-order valence-electron chi connectivity index (χ3n) is 5.45. The van der Waals surface area contributed by atoms with Gasteiger partial charge in [0, 0.05) is 52.8 Å². The van der Waals surface area contributed by atoms with Gasteiger partial charge in [-0.15, -0.1) is 0 Å². The zero-order valence-electron chi connectivity index (χ0n) is 20.2. The van der Waals surface area contributed by atoms with Gasteiger partial charge in [-0.3, -0.25) is 4.79 Å². The lowest BCUT2D eigenvalue weighted by atomic mass is 10.00. The van der Waals surface area contributed by atoms with E-state index in [-0.39, 0.29) is 5.91 Å². The van der Waals surface area contributed by atoms with Crippen LogP contribution < -0.4 is 5.32 Å². The normalized spacial score (nSPS) is 11.7. The molecule has 1 aliphatic heterocycles. The second-order valence-electron chi connectivity index (χ2n) is 7.62. The van der Waals surface area contributed by atoms with Crippen molar-refractivity contribution in [2.24, 2.45) is 4.99 Å². The van der Waals surface area contributed by atoms with Crippen LogP contribution in [0.15, 0.2) is 81.5 Å². The average Bonchev–Trinajstić information content (AvgIpc) is 3.04. The summed E-state index contributed by atoms with van der Waals surface area (Å²) < 4.78 is 0. The van der Waals surface area contributed by atoms with Crippen molar-refractivity contribution in [1.82, 2.24) is 4.90 Å². The van der Waals surface area contributed by atoms with E-state index in [1.54, 1.807) is 16.7 Å². The van der Waals surface area contributed by atoms with E-state index in [1.807, 2.05) is 64.3 Å². The lowest BCUT2D eigenvalue weighted by molar-refractivity contribution is 0.0793. The van der Waals surface area contributed by atoms with Crippen molar-refractivity contribution in [1.29, 1.82) is 0 Å². The molecular weight excluding hydrogens is 426 g/mol. The van der Waals surface area contributed by atoms with Crippen molar-refractivity contribution in [2.75, 3.05) is 26.0 Å². The molecule has 3 aromatic rings. The Labute approximate surface area is 202 Å². The summed E-state index contributed by atoms with van der Waals surface area (Å²) in [6.07, 6.45) is 2.07. The molecule has 4 nitrogen and oxygen atoms in total. The number of amides is 1. The molecule has 0 radical (unpaired) electrons. The third kappa shape index (κ3) is 5.48. The summed E-state index contributed by atoms with van der Waals surface area (Å²) in [6, 6.07) is 22.4. The number of aliphatic imine (C=N–C) groups is 1. The van der Waals surface area contributed by atoms with Crippen molar-refractivity contribution < 1.29 is 4.79 Å². The quantitative estimate of drug-likeness (QED) is 0.330. The molecular formula is C28H33N3OS. The Kier molecular flexibility index (Phi) is 8.72. The average molecular weight is 460 g/mol. The lowest BCUT2D eigenvalue weighted by Crippen LogP contribution is -2.27. The van der Waals surface area contributed by atoms with Gasteiger partial charge in [0.2, 0.25) is 0 Å². The van der Waals surface area contributed by atoms with Gasteiger partial charge in [-0.1, -0.05) is 75.4 Å². The number of nitrogens with one attached hydrogen (secondary N) is 1. The highest BCUT2D eigenvalue weighted by atomic mass is 32.2. The van der Waals surface area contributed by atoms with E-state index in [9.17, 15) is 4.79 Å². The minimum Gasteiger partial charge on any atom is -0.388 e. The Balaban J connectivity index is 0.00000149. The van der Waals surface area contributed by atoms with E-state index in [1.165, 1.54) is 0 Å². The number of carbonyl (C=O) groups is 1. The largest absolute Gasteiger partial charge is 0.388 e. The maximum Gasteiger partial charge on any atom is 0.253 e. The number of hydrogen-bond donors (Lipinski definition) is 1. The fourth-order valence-electron chi connectivity index (χ4n) is 3.70. The molecule has 1 N–H and O–H groups in total. The number of unbranched alkanes of at least 4 members (excludes halogenated alkanes) is 1.